The molecule has 0 aromatic carbocycles. The molecule has 5 heteroatoms. The summed E-state index contributed by atoms with van der Waals surface area (Å²) in [4.78, 5) is 22.8. The minimum Gasteiger partial charge on any atom is -0.345 e. The second-order valence-electron chi connectivity index (χ2n) is 6.24. The predicted octanol–water partition coefficient (Wildman–Crippen LogP) is 0.677. The topological polar surface area (TPSA) is 39.7 Å². The average Bonchev–Trinajstić information content (AvgIpc) is 2.80. The van der Waals surface area contributed by atoms with Crippen LogP contribution in [0.3, 0.4) is 0 Å². The zero-order valence-electron chi connectivity index (χ0n) is 12.7. The van der Waals surface area contributed by atoms with Crippen LogP contribution in [0.25, 0.3) is 0 Å². The van der Waals surface area contributed by atoms with E-state index in [2.05, 4.69) is 20.9 Å². The number of carbonyl (C=O) groups is 1. The van der Waals surface area contributed by atoms with Crippen LogP contribution in [-0.2, 0) is 11.3 Å². The molecule has 0 aliphatic carbocycles. The van der Waals surface area contributed by atoms with Crippen LogP contribution in [0.5, 0.6) is 0 Å². The van der Waals surface area contributed by atoms with Gasteiger partial charge in [0.1, 0.15) is 0 Å². The van der Waals surface area contributed by atoms with Crippen molar-refractivity contribution in [3.05, 3.63) is 30.1 Å². The molecule has 2 saturated heterocycles. The van der Waals surface area contributed by atoms with Crippen molar-refractivity contribution < 1.29 is 4.79 Å². The Labute approximate surface area is 126 Å². The van der Waals surface area contributed by atoms with Gasteiger partial charge in [-0.3, -0.25) is 14.7 Å². The van der Waals surface area contributed by atoms with E-state index in [-0.39, 0.29) is 0 Å². The lowest BCUT2D eigenvalue weighted by Gasteiger charge is -2.35. The Bertz CT molecular complexity index is 470. The maximum Gasteiger partial charge on any atom is 0.222 e. The first-order valence-electron chi connectivity index (χ1n) is 7.79. The minimum absolute atomic E-state index is 0.300. The van der Waals surface area contributed by atoms with Crippen LogP contribution in [0.15, 0.2) is 24.4 Å². The molecule has 1 aromatic heterocycles. The summed E-state index contributed by atoms with van der Waals surface area (Å²) in [5.41, 5.74) is 1.15. The number of amides is 1. The Hall–Kier alpha value is -1.46. The van der Waals surface area contributed by atoms with Crippen LogP contribution < -0.4 is 0 Å². The number of aromatic nitrogens is 1. The smallest absolute Gasteiger partial charge is 0.222 e. The van der Waals surface area contributed by atoms with Crippen molar-refractivity contribution >= 4 is 5.91 Å². The van der Waals surface area contributed by atoms with Crippen molar-refractivity contribution in [3.8, 4) is 0 Å². The summed E-state index contributed by atoms with van der Waals surface area (Å²) in [6, 6.07) is 6.10. The number of rotatable bonds is 4. The Balaban J connectivity index is 1.42. The van der Waals surface area contributed by atoms with E-state index in [1.807, 2.05) is 30.3 Å². The summed E-state index contributed by atoms with van der Waals surface area (Å²) in [5.74, 6) is 0.818. The fourth-order valence-electron chi connectivity index (χ4n) is 3.29. The van der Waals surface area contributed by atoms with Gasteiger partial charge in [-0.2, -0.15) is 0 Å². The van der Waals surface area contributed by atoms with Gasteiger partial charge in [0.25, 0.3) is 0 Å². The lowest BCUT2D eigenvalue weighted by Crippen LogP contribution is -2.47. The van der Waals surface area contributed by atoms with E-state index >= 15 is 0 Å². The SMILES string of the molecule is CN1CC(CN2CCN(Cc3ccccn3)CC2)CC1=O. The van der Waals surface area contributed by atoms with Gasteiger partial charge in [-0.05, 0) is 18.1 Å². The molecule has 1 atom stereocenters. The molecule has 21 heavy (non-hydrogen) atoms. The van der Waals surface area contributed by atoms with Gasteiger partial charge < -0.3 is 9.80 Å². The van der Waals surface area contributed by atoms with Gasteiger partial charge in [-0.1, -0.05) is 6.07 Å². The molecule has 0 bridgehead atoms. The molecule has 1 amide bonds. The highest BCUT2D eigenvalue weighted by atomic mass is 16.2. The van der Waals surface area contributed by atoms with Gasteiger partial charge in [-0.15, -0.1) is 0 Å². The molecule has 0 spiro atoms. The highest BCUT2D eigenvalue weighted by Gasteiger charge is 2.29. The molecule has 114 valence electrons. The first-order valence-corrected chi connectivity index (χ1v) is 7.79. The maximum absolute atomic E-state index is 11.6. The third-order valence-electron chi connectivity index (χ3n) is 4.51. The maximum atomic E-state index is 11.6. The first kappa shape index (κ1) is 14.5. The quantitative estimate of drug-likeness (QED) is 0.817. The molecule has 2 fully saturated rings. The standard InChI is InChI=1S/C16H24N4O/c1-18-11-14(10-16(18)21)12-19-6-8-20(9-7-19)13-15-4-2-3-5-17-15/h2-5,14H,6-13H2,1H3. The minimum atomic E-state index is 0.300. The van der Waals surface area contributed by atoms with Crippen LogP contribution in [0.1, 0.15) is 12.1 Å². The predicted molar refractivity (Wildman–Crippen MR) is 81.7 cm³/mol. The number of likely N-dealkylation sites (tertiary alicyclic amines) is 1. The lowest BCUT2D eigenvalue weighted by atomic mass is 10.1. The summed E-state index contributed by atoms with van der Waals surface area (Å²) in [7, 11) is 1.91. The van der Waals surface area contributed by atoms with Crippen molar-refractivity contribution in [1.29, 1.82) is 0 Å². The van der Waals surface area contributed by atoms with E-state index < -0.39 is 0 Å². The number of nitrogens with zero attached hydrogens (tertiary/aromatic N) is 4. The Morgan fingerprint density at radius 1 is 1.19 bits per heavy atom. The molecule has 3 rings (SSSR count). The number of hydrogen-bond acceptors (Lipinski definition) is 4. The van der Waals surface area contributed by atoms with Crippen LogP contribution in [0, 0.1) is 5.92 Å². The zero-order valence-corrected chi connectivity index (χ0v) is 12.7. The monoisotopic (exact) mass is 288 g/mol. The molecule has 5 nitrogen and oxygen atoms in total. The Morgan fingerprint density at radius 3 is 2.57 bits per heavy atom. The highest BCUT2D eigenvalue weighted by Crippen LogP contribution is 2.18. The molecule has 1 aromatic rings. The molecule has 1 unspecified atom stereocenters. The Kier molecular flexibility index (Phi) is 4.51. The van der Waals surface area contributed by atoms with Crippen molar-refractivity contribution in [2.75, 3.05) is 46.3 Å². The van der Waals surface area contributed by atoms with E-state index in [1.54, 1.807) is 0 Å². The molecule has 2 aliphatic rings. The van der Waals surface area contributed by atoms with Crippen LogP contribution in [0.2, 0.25) is 0 Å². The number of hydrogen-bond donors (Lipinski definition) is 0. The first-order chi connectivity index (χ1) is 10.2. The third-order valence-corrected chi connectivity index (χ3v) is 4.51. The lowest BCUT2D eigenvalue weighted by molar-refractivity contribution is -0.126. The fourth-order valence-corrected chi connectivity index (χ4v) is 3.29. The molecular formula is C16H24N4O. The largest absolute Gasteiger partial charge is 0.345 e. The Morgan fingerprint density at radius 2 is 1.95 bits per heavy atom. The second kappa shape index (κ2) is 6.54. The third kappa shape index (κ3) is 3.80. The number of carbonyl (C=O) groups excluding carboxylic acids is 1. The van der Waals surface area contributed by atoms with Gasteiger partial charge in [0.2, 0.25) is 5.91 Å². The van der Waals surface area contributed by atoms with E-state index in [4.69, 9.17) is 0 Å². The normalized spacial score (nSPS) is 24.7. The number of piperazine rings is 1. The molecule has 0 saturated carbocycles. The fraction of sp³-hybridized carbons (Fsp3) is 0.625. The second-order valence-corrected chi connectivity index (χ2v) is 6.24. The van der Waals surface area contributed by atoms with Crippen molar-refractivity contribution in [3.63, 3.8) is 0 Å². The van der Waals surface area contributed by atoms with Crippen molar-refractivity contribution in [2.45, 2.75) is 13.0 Å². The van der Waals surface area contributed by atoms with Gasteiger partial charge >= 0.3 is 0 Å². The average molecular weight is 288 g/mol. The van der Waals surface area contributed by atoms with Gasteiger partial charge in [0.05, 0.1) is 5.69 Å². The van der Waals surface area contributed by atoms with E-state index in [9.17, 15) is 4.79 Å². The van der Waals surface area contributed by atoms with Crippen LogP contribution in [0.4, 0.5) is 0 Å². The summed E-state index contributed by atoms with van der Waals surface area (Å²) < 4.78 is 0. The molecule has 0 N–H and O–H groups in total. The van der Waals surface area contributed by atoms with Gasteiger partial charge in [-0.25, -0.2) is 0 Å². The summed E-state index contributed by atoms with van der Waals surface area (Å²) in [6.45, 7) is 7.31. The van der Waals surface area contributed by atoms with E-state index in [0.717, 1.165) is 57.9 Å². The summed E-state index contributed by atoms with van der Waals surface area (Å²) in [5, 5.41) is 0. The number of pyridine rings is 1. The van der Waals surface area contributed by atoms with E-state index in [0.29, 0.717) is 11.8 Å². The van der Waals surface area contributed by atoms with Gasteiger partial charge in [0, 0.05) is 65.5 Å². The molecule has 2 aliphatic heterocycles. The van der Waals surface area contributed by atoms with Crippen molar-refractivity contribution in [1.82, 2.24) is 19.7 Å². The van der Waals surface area contributed by atoms with E-state index in [1.165, 1.54) is 0 Å². The summed E-state index contributed by atoms with van der Waals surface area (Å²) in [6.07, 6.45) is 2.59. The van der Waals surface area contributed by atoms with Gasteiger partial charge in [0.15, 0.2) is 0 Å². The van der Waals surface area contributed by atoms with Crippen LogP contribution in [-0.4, -0.2) is 71.9 Å². The van der Waals surface area contributed by atoms with Crippen molar-refractivity contribution in [2.24, 2.45) is 5.92 Å². The highest BCUT2D eigenvalue weighted by molar-refractivity contribution is 5.78. The molecular weight excluding hydrogens is 264 g/mol. The zero-order chi connectivity index (χ0) is 14.7. The molecule has 3 heterocycles. The molecule has 0 radical (unpaired) electrons. The summed E-state index contributed by atoms with van der Waals surface area (Å²) >= 11 is 0. The van der Waals surface area contributed by atoms with Crippen LogP contribution >= 0.6 is 0 Å².